The number of rotatable bonds is 7. The van der Waals surface area contributed by atoms with E-state index in [1.165, 1.54) is 11.8 Å². The summed E-state index contributed by atoms with van der Waals surface area (Å²) in [5, 5.41) is 19.9. The molecule has 0 aliphatic heterocycles. The van der Waals surface area contributed by atoms with E-state index in [9.17, 15) is 19.8 Å². The monoisotopic (exact) mass is 404 g/mol. The Labute approximate surface area is 168 Å². The van der Waals surface area contributed by atoms with Crippen LogP contribution in [-0.4, -0.2) is 33.0 Å². The Morgan fingerprint density at radius 2 is 1.79 bits per heavy atom. The van der Waals surface area contributed by atoms with Crippen LogP contribution in [0.4, 0.5) is 0 Å². The molecule has 3 N–H and O–H groups in total. The molecule has 3 rings (SSSR count). The molecule has 2 aromatic rings. The quantitative estimate of drug-likeness (QED) is 0.616. The van der Waals surface area contributed by atoms with Crippen molar-refractivity contribution < 1.29 is 10.2 Å². The molecule has 0 spiro atoms. The van der Waals surface area contributed by atoms with Gasteiger partial charge in [-0.2, -0.15) is 0 Å². The van der Waals surface area contributed by atoms with Crippen LogP contribution in [0, 0.1) is 25.2 Å². The minimum atomic E-state index is -0.532. The summed E-state index contributed by atoms with van der Waals surface area (Å²) in [4.78, 5) is 28.7. The minimum absolute atomic E-state index is 0.00436. The number of aryl methyl sites for hydroxylation is 2. The molecule has 6 nitrogen and oxygen atoms in total. The van der Waals surface area contributed by atoms with E-state index in [2.05, 4.69) is 11.1 Å². The van der Waals surface area contributed by atoms with Crippen LogP contribution >= 0.6 is 11.8 Å². The maximum Gasteiger partial charge on any atom is 0.329 e. The van der Waals surface area contributed by atoms with Crippen LogP contribution in [0.15, 0.2) is 37.7 Å². The first-order valence-corrected chi connectivity index (χ1v) is 10.4. The van der Waals surface area contributed by atoms with Gasteiger partial charge in [0.2, 0.25) is 0 Å². The first-order chi connectivity index (χ1) is 13.2. The second kappa shape index (κ2) is 7.89. The summed E-state index contributed by atoms with van der Waals surface area (Å²) in [6, 6.07) is 6.17. The van der Waals surface area contributed by atoms with Crippen LogP contribution in [0.1, 0.15) is 42.9 Å². The molecule has 1 unspecified atom stereocenters. The second-order valence-corrected chi connectivity index (χ2v) is 9.31. The fraction of sp³-hybridized carbons (Fsp3) is 0.524. The third-order valence-electron chi connectivity index (χ3n) is 5.56. The molecule has 7 heteroatoms. The van der Waals surface area contributed by atoms with Crippen molar-refractivity contribution in [1.29, 1.82) is 0 Å². The molecule has 28 heavy (non-hydrogen) atoms. The number of nitrogens with one attached hydrogen (secondary N) is 1. The van der Waals surface area contributed by atoms with E-state index in [1.807, 2.05) is 39.8 Å². The molecule has 0 bridgehead atoms. The van der Waals surface area contributed by atoms with Crippen LogP contribution in [0.2, 0.25) is 0 Å². The molecule has 1 aliphatic carbocycles. The van der Waals surface area contributed by atoms with Crippen molar-refractivity contribution in [3.05, 3.63) is 55.7 Å². The van der Waals surface area contributed by atoms with Gasteiger partial charge in [0.05, 0.1) is 23.8 Å². The Hall–Kier alpha value is -1.83. The Bertz CT molecular complexity index is 969. The summed E-state index contributed by atoms with van der Waals surface area (Å²) in [5.74, 6) is -0.0478. The van der Waals surface area contributed by atoms with Crippen LogP contribution in [0.25, 0.3) is 0 Å². The maximum atomic E-state index is 12.7. The molecule has 1 aromatic carbocycles. The molecule has 1 saturated carbocycles. The van der Waals surface area contributed by atoms with Crippen molar-refractivity contribution >= 4 is 11.8 Å². The highest BCUT2D eigenvalue weighted by molar-refractivity contribution is 7.99. The second-order valence-electron chi connectivity index (χ2n) is 8.25. The summed E-state index contributed by atoms with van der Waals surface area (Å²) in [5.41, 5.74) is 1.49. The van der Waals surface area contributed by atoms with E-state index in [4.69, 9.17) is 0 Å². The molecule has 152 valence electrons. The zero-order chi connectivity index (χ0) is 20.6. The van der Waals surface area contributed by atoms with Gasteiger partial charge < -0.3 is 10.2 Å². The first-order valence-electron chi connectivity index (χ1n) is 9.55. The zero-order valence-corrected chi connectivity index (χ0v) is 17.6. The summed E-state index contributed by atoms with van der Waals surface area (Å²) in [6.07, 6.45) is 0.663. The summed E-state index contributed by atoms with van der Waals surface area (Å²) >= 11 is 1.43. The highest BCUT2D eigenvalue weighted by Crippen LogP contribution is 2.52. The number of hydrogen-bond acceptors (Lipinski definition) is 5. The number of aliphatic hydroxyl groups excluding tert-OH is 2. The van der Waals surface area contributed by atoms with Crippen molar-refractivity contribution in [1.82, 2.24) is 9.55 Å². The number of H-pyrrole nitrogens is 1. The average Bonchev–Trinajstić information content (AvgIpc) is 3.30. The highest BCUT2D eigenvalue weighted by atomic mass is 32.2. The van der Waals surface area contributed by atoms with E-state index >= 15 is 0 Å². The average molecular weight is 405 g/mol. The van der Waals surface area contributed by atoms with E-state index in [1.54, 1.807) is 4.57 Å². The number of aromatic nitrogens is 2. The minimum Gasteiger partial charge on any atom is -0.396 e. The highest BCUT2D eigenvalue weighted by Gasteiger charge is 2.53. The number of aromatic amines is 1. The predicted molar refractivity (Wildman–Crippen MR) is 110 cm³/mol. The van der Waals surface area contributed by atoms with Gasteiger partial charge in [-0.3, -0.25) is 14.3 Å². The van der Waals surface area contributed by atoms with Crippen molar-refractivity contribution in [2.24, 2.45) is 11.3 Å². The molecule has 0 amide bonds. The Morgan fingerprint density at radius 3 is 2.29 bits per heavy atom. The zero-order valence-electron chi connectivity index (χ0n) is 16.8. The number of aliphatic hydroxyl groups is 2. The van der Waals surface area contributed by atoms with Gasteiger partial charge in [-0.1, -0.05) is 31.7 Å². The molecular formula is C21H28N2O4S. The lowest BCUT2D eigenvalue weighted by molar-refractivity contribution is 0.118. The van der Waals surface area contributed by atoms with Crippen molar-refractivity contribution in [3.8, 4) is 0 Å². The third kappa shape index (κ3) is 3.97. The summed E-state index contributed by atoms with van der Waals surface area (Å²) in [6.45, 7) is 8.07. The SMILES string of the molecule is Cc1cc(C)cc(Sc2c(C(C)C)c(=O)[nH]c(=O)n2CC2CC2(CO)CO)c1. The fourth-order valence-corrected chi connectivity index (χ4v) is 5.22. The van der Waals surface area contributed by atoms with Crippen LogP contribution < -0.4 is 11.2 Å². The standard InChI is InChI=1S/C21H28N2O4S/c1-12(2)17-18(26)22-20(27)23(9-15-8-21(15,10-24)11-25)19(17)28-16-6-13(3)5-14(4)7-16/h5-7,12,15,24-25H,8-11H2,1-4H3,(H,22,26,27). The molecule has 1 aliphatic rings. The normalized spacial score (nSPS) is 17.9. The first kappa shape index (κ1) is 20.9. The largest absolute Gasteiger partial charge is 0.396 e. The van der Waals surface area contributed by atoms with Crippen molar-refractivity contribution in [2.45, 2.75) is 56.5 Å². The molecule has 0 saturated heterocycles. The van der Waals surface area contributed by atoms with Gasteiger partial charge in [0.15, 0.2) is 0 Å². The third-order valence-corrected chi connectivity index (χ3v) is 6.67. The lowest BCUT2D eigenvalue weighted by Crippen LogP contribution is -2.35. The van der Waals surface area contributed by atoms with E-state index in [0.29, 0.717) is 23.6 Å². The number of hydrogen-bond donors (Lipinski definition) is 3. The Kier molecular flexibility index (Phi) is 5.89. The smallest absolute Gasteiger partial charge is 0.329 e. The topological polar surface area (TPSA) is 95.3 Å². The molecule has 1 fully saturated rings. The lowest BCUT2D eigenvalue weighted by Gasteiger charge is -2.19. The van der Waals surface area contributed by atoms with Crippen molar-refractivity contribution in [3.63, 3.8) is 0 Å². The number of benzene rings is 1. The van der Waals surface area contributed by atoms with Gasteiger partial charge in [0, 0.05) is 16.9 Å². The van der Waals surface area contributed by atoms with Gasteiger partial charge in [0.1, 0.15) is 0 Å². The van der Waals surface area contributed by atoms with Gasteiger partial charge in [0.25, 0.3) is 5.56 Å². The van der Waals surface area contributed by atoms with E-state index < -0.39 is 11.1 Å². The van der Waals surface area contributed by atoms with Gasteiger partial charge in [-0.15, -0.1) is 0 Å². The molecular weight excluding hydrogens is 376 g/mol. The van der Waals surface area contributed by atoms with Gasteiger partial charge in [-0.05, 0) is 55.4 Å². The fourth-order valence-electron chi connectivity index (χ4n) is 3.80. The van der Waals surface area contributed by atoms with Gasteiger partial charge >= 0.3 is 5.69 Å². The maximum absolute atomic E-state index is 12.7. The van der Waals surface area contributed by atoms with Crippen LogP contribution in [-0.2, 0) is 6.54 Å². The number of nitrogens with zero attached hydrogens (tertiary/aromatic N) is 1. The molecule has 0 radical (unpaired) electrons. The Morgan fingerprint density at radius 1 is 1.18 bits per heavy atom. The van der Waals surface area contributed by atoms with E-state index in [0.717, 1.165) is 16.0 Å². The van der Waals surface area contributed by atoms with Crippen molar-refractivity contribution in [2.75, 3.05) is 13.2 Å². The van der Waals surface area contributed by atoms with Gasteiger partial charge in [-0.25, -0.2) is 4.79 Å². The lowest BCUT2D eigenvalue weighted by atomic mass is 10.1. The predicted octanol–water partition coefficient (Wildman–Crippen LogP) is 2.42. The van der Waals surface area contributed by atoms with Crippen LogP contribution in [0.5, 0.6) is 0 Å². The summed E-state index contributed by atoms with van der Waals surface area (Å²) < 4.78 is 1.61. The molecule has 1 heterocycles. The molecule has 1 aromatic heterocycles. The molecule has 1 atom stereocenters. The van der Waals surface area contributed by atoms with Crippen LogP contribution in [0.3, 0.4) is 0 Å². The Balaban J connectivity index is 2.09. The summed E-state index contributed by atoms with van der Waals surface area (Å²) in [7, 11) is 0. The van der Waals surface area contributed by atoms with E-state index in [-0.39, 0.29) is 30.6 Å².